The van der Waals surface area contributed by atoms with Crippen LogP contribution < -0.4 is 14.5 Å². The molecule has 6 nitrogen and oxygen atoms in total. The summed E-state index contributed by atoms with van der Waals surface area (Å²) in [5, 5.41) is 20.0. The summed E-state index contributed by atoms with van der Waals surface area (Å²) in [4.78, 5) is 11.1. The van der Waals surface area contributed by atoms with Gasteiger partial charge in [-0.05, 0) is 34.9 Å². The maximum absolute atomic E-state index is 11.1. The Morgan fingerprint density at radius 1 is 1.09 bits per heavy atom. The summed E-state index contributed by atoms with van der Waals surface area (Å²) in [5.41, 5.74) is 3.14. The normalized spacial score (nSPS) is 18.4. The van der Waals surface area contributed by atoms with Gasteiger partial charge in [0.05, 0.1) is 5.69 Å². The molecular weight excluding hydrogens is 286 g/mol. The molecule has 2 heterocycles. The molecular formula is C16H13NO5. The highest BCUT2D eigenvalue weighted by atomic mass is 16.7. The molecule has 0 saturated carbocycles. The summed E-state index contributed by atoms with van der Waals surface area (Å²) >= 11 is 0. The summed E-state index contributed by atoms with van der Waals surface area (Å²) in [6, 6.07) is 10.2. The van der Waals surface area contributed by atoms with Crippen LogP contribution in [0.25, 0.3) is 11.1 Å². The van der Waals surface area contributed by atoms with Crippen molar-refractivity contribution in [2.45, 2.75) is 12.5 Å². The van der Waals surface area contributed by atoms with Gasteiger partial charge >= 0.3 is 5.97 Å². The highest BCUT2D eigenvalue weighted by Crippen LogP contribution is 2.39. The van der Waals surface area contributed by atoms with E-state index in [1.807, 2.05) is 30.3 Å². The molecule has 0 bridgehead atoms. The lowest BCUT2D eigenvalue weighted by Crippen LogP contribution is -2.35. The van der Waals surface area contributed by atoms with E-state index >= 15 is 0 Å². The molecule has 2 aliphatic heterocycles. The van der Waals surface area contributed by atoms with Crippen molar-refractivity contribution in [2.75, 3.05) is 11.9 Å². The fourth-order valence-corrected chi connectivity index (χ4v) is 2.86. The van der Waals surface area contributed by atoms with E-state index in [4.69, 9.17) is 14.6 Å². The molecule has 112 valence electrons. The van der Waals surface area contributed by atoms with Gasteiger partial charge in [-0.25, -0.2) is 9.86 Å². The first-order valence-electron chi connectivity index (χ1n) is 6.87. The van der Waals surface area contributed by atoms with E-state index in [2.05, 4.69) is 0 Å². The molecule has 2 aliphatic rings. The van der Waals surface area contributed by atoms with Gasteiger partial charge in [-0.2, -0.15) is 0 Å². The number of fused-ring (bicyclic) bond motifs is 2. The maximum atomic E-state index is 11.1. The van der Waals surface area contributed by atoms with Crippen molar-refractivity contribution < 1.29 is 24.6 Å². The molecule has 0 amide bonds. The first-order valence-corrected chi connectivity index (χ1v) is 6.87. The molecule has 2 aromatic carbocycles. The van der Waals surface area contributed by atoms with E-state index in [1.54, 1.807) is 6.07 Å². The number of nitrogens with zero attached hydrogens (tertiary/aromatic N) is 1. The average Bonchev–Trinajstić information content (AvgIpc) is 3.11. The molecule has 2 aromatic rings. The fourth-order valence-electron chi connectivity index (χ4n) is 2.86. The van der Waals surface area contributed by atoms with Crippen LogP contribution in [0, 0.1) is 0 Å². The van der Waals surface area contributed by atoms with Gasteiger partial charge in [-0.3, -0.25) is 5.21 Å². The predicted octanol–water partition coefficient (Wildman–Crippen LogP) is 2.29. The van der Waals surface area contributed by atoms with Crippen molar-refractivity contribution in [1.82, 2.24) is 0 Å². The van der Waals surface area contributed by atoms with E-state index in [1.165, 1.54) is 0 Å². The SMILES string of the molecule is O=C(O)C1Cc2ccc(-c3ccc4c(c3)OCO4)cc2N1O. The van der Waals surface area contributed by atoms with Gasteiger partial charge in [-0.1, -0.05) is 18.2 Å². The topological polar surface area (TPSA) is 79.2 Å². The number of carboxylic acids is 1. The zero-order valence-electron chi connectivity index (χ0n) is 11.5. The minimum absolute atomic E-state index is 0.216. The summed E-state index contributed by atoms with van der Waals surface area (Å²) in [6.07, 6.45) is 0.294. The standard InChI is InChI=1S/C16H13NO5/c18-16(19)13-6-11-2-1-9(5-12(11)17(13)20)10-3-4-14-15(7-10)22-8-21-14/h1-5,7,13,20H,6,8H2,(H,18,19). The molecule has 1 atom stereocenters. The van der Waals surface area contributed by atoms with Crippen LogP contribution in [-0.4, -0.2) is 29.1 Å². The lowest BCUT2D eigenvalue weighted by atomic mass is 10.0. The molecule has 4 rings (SSSR count). The number of hydrogen-bond acceptors (Lipinski definition) is 5. The molecule has 0 radical (unpaired) electrons. The van der Waals surface area contributed by atoms with E-state index in [0.717, 1.165) is 21.8 Å². The minimum Gasteiger partial charge on any atom is -0.480 e. The Kier molecular flexibility index (Phi) is 2.74. The first kappa shape index (κ1) is 13.0. The van der Waals surface area contributed by atoms with Crippen LogP contribution in [0.1, 0.15) is 5.56 Å². The number of anilines is 1. The fraction of sp³-hybridized carbons (Fsp3) is 0.188. The van der Waals surface area contributed by atoms with Gasteiger partial charge in [0.1, 0.15) is 0 Å². The van der Waals surface area contributed by atoms with Gasteiger partial charge in [0.2, 0.25) is 6.79 Å². The summed E-state index contributed by atoms with van der Waals surface area (Å²) in [5.74, 6) is 0.352. The summed E-state index contributed by atoms with van der Waals surface area (Å²) in [7, 11) is 0. The number of ether oxygens (including phenoxy) is 2. The molecule has 0 fully saturated rings. The Morgan fingerprint density at radius 2 is 1.82 bits per heavy atom. The number of benzene rings is 2. The quantitative estimate of drug-likeness (QED) is 0.885. The second-order valence-electron chi connectivity index (χ2n) is 5.31. The highest BCUT2D eigenvalue weighted by molar-refractivity contribution is 5.83. The van der Waals surface area contributed by atoms with Crippen molar-refractivity contribution in [2.24, 2.45) is 0 Å². The third-order valence-corrected chi connectivity index (χ3v) is 4.03. The van der Waals surface area contributed by atoms with Crippen molar-refractivity contribution in [1.29, 1.82) is 0 Å². The first-order chi connectivity index (χ1) is 10.6. The summed E-state index contributed by atoms with van der Waals surface area (Å²) in [6.45, 7) is 0.216. The monoisotopic (exact) mass is 299 g/mol. The van der Waals surface area contributed by atoms with Crippen molar-refractivity contribution >= 4 is 11.7 Å². The van der Waals surface area contributed by atoms with Crippen LogP contribution >= 0.6 is 0 Å². The van der Waals surface area contributed by atoms with Crippen LogP contribution in [0.4, 0.5) is 5.69 Å². The van der Waals surface area contributed by atoms with Crippen LogP contribution in [0.2, 0.25) is 0 Å². The molecule has 2 N–H and O–H groups in total. The highest BCUT2D eigenvalue weighted by Gasteiger charge is 2.34. The zero-order chi connectivity index (χ0) is 15.3. The number of carbonyl (C=O) groups is 1. The van der Waals surface area contributed by atoms with Crippen LogP contribution in [0.5, 0.6) is 11.5 Å². The van der Waals surface area contributed by atoms with Gasteiger partial charge in [-0.15, -0.1) is 0 Å². The number of rotatable bonds is 2. The van der Waals surface area contributed by atoms with Gasteiger partial charge in [0.15, 0.2) is 17.5 Å². The number of aliphatic carboxylic acids is 1. The molecule has 22 heavy (non-hydrogen) atoms. The third-order valence-electron chi connectivity index (χ3n) is 4.03. The Hall–Kier alpha value is -2.73. The molecule has 0 aromatic heterocycles. The molecule has 0 saturated heterocycles. The smallest absolute Gasteiger partial charge is 0.329 e. The van der Waals surface area contributed by atoms with Crippen molar-refractivity contribution in [3.05, 3.63) is 42.0 Å². The van der Waals surface area contributed by atoms with Crippen LogP contribution in [0.3, 0.4) is 0 Å². The van der Waals surface area contributed by atoms with Gasteiger partial charge in [0, 0.05) is 6.42 Å². The predicted molar refractivity (Wildman–Crippen MR) is 77.4 cm³/mol. The second-order valence-corrected chi connectivity index (χ2v) is 5.31. The number of carboxylic acid groups (broad SMARTS) is 1. The maximum Gasteiger partial charge on any atom is 0.329 e. The Bertz CT molecular complexity index is 773. The van der Waals surface area contributed by atoms with E-state index in [0.29, 0.717) is 23.6 Å². The Balaban J connectivity index is 1.73. The van der Waals surface area contributed by atoms with E-state index in [-0.39, 0.29) is 6.79 Å². The van der Waals surface area contributed by atoms with E-state index in [9.17, 15) is 10.0 Å². The second kappa shape index (κ2) is 4.64. The molecule has 1 unspecified atom stereocenters. The molecule has 0 spiro atoms. The third kappa shape index (κ3) is 1.88. The number of hydrogen-bond donors (Lipinski definition) is 2. The van der Waals surface area contributed by atoms with Crippen molar-refractivity contribution in [3.63, 3.8) is 0 Å². The van der Waals surface area contributed by atoms with Crippen LogP contribution in [-0.2, 0) is 11.2 Å². The van der Waals surface area contributed by atoms with Gasteiger partial charge in [0.25, 0.3) is 0 Å². The zero-order valence-corrected chi connectivity index (χ0v) is 11.5. The largest absolute Gasteiger partial charge is 0.480 e. The van der Waals surface area contributed by atoms with Gasteiger partial charge < -0.3 is 14.6 Å². The lowest BCUT2D eigenvalue weighted by molar-refractivity contribution is -0.139. The minimum atomic E-state index is -1.04. The average molecular weight is 299 g/mol. The van der Waals surface area contributed by atoms with E-state index < -0.39 is 12.0 Å². The van der Waals surface area contributed by atoms with Crippen molar-refractivity contribution in [3.8, 4) is 22.6 Å². The number of hydroxylamine groups is 1. The molecule has 0 aliphatic carbocycles. The Labute approximate surface area is 126 Å². The van der Waals surface area contributed by atoms with Crippen LogP contribution in [0.15, 0.2) is 36.4 Å². The molecule has 6 heteroatoms. The Morgan fingerprint density at radius 3 is 2.64 bits per heavy atom. The summed E-state index contributed by atoms with van der Waals surface area (Å²) < 4.78 is 10.6. The lowest BCUT2D eigenvalue weighted by Gasteiger charge is -2.16.